The number of alkyl halides is 3. The Hall–Kier alpha value is -1.66. The third-order valence-electron chi connectivity index (χ3n) is 2.06. The van der Waals surface area contributed by atoms with Gasteiger partial charge in [0.2, 0.25) is 5.88 Å². The highest BCUT2D eigenvalue weighted by molar-refractivity contribution is 7.88. The first-order chi connectivity index (χ1) is 9.07. The third-order valence-corrected chi connectivity index (χ3v) is 4.22. The van der Waals surface area contributed by atoms with Crippen LogP contribution < -0.4 is 4.74 Å². The highest BCUT2D eigenvalue weighted by Gasteiger charge is 2.35. The van der Waals surface area contributed by atoms with Crippen LogP contribution in [0.15, 0.2) is 16.5 Å². The minimum absolute atomic E-state index is 0.260. The Kier molecular flexibility index (Phi) is 3.47. The largest absolute Gasteiger partial charge is 0.433 e. The Morgan fingerprint density at radius 3 is 2.55 bits per heavy atom. The second-order valence-corrected chi connectivity index (χ2v) is 6.15. The summed E-state index contributed by atoms with van der Waals surface area (Å²) in [6.45, 7) is 0. The summed E-state index contributed by atoms with van der Waals surface area (Å²) in [4.78, 5) is 3.51. The van der Waals surface area contributed by atoms with E-state index in [4.69, 9.17) is 9.29 Å². The van der Waals surface area contributed by atoms with Crippen molar-refractivity contribution in [2.75, 3.05) is 0 Å². The predicted octanol–water partition coefficient (Wildman–Crippen LogP) is 1.93. The minimum atomic E-state index is -4.59. The Labute approximate surface area is 114 Å². The van der Waals surface area contributed by atoms with E-state index in [2.05, 4.69) is 10.1 Å². The number of thiazole rings is 1. The number of ether oxygens (including phenoxy) is 1. The van der Waals surface area contributed by atoms with E-state index in [1.54, 1.807) is 0 Å². The van der Waals surface area contributed by atoms with Gasteiger partial charge < -0.3 is 4.74 Å². The number of hydrogen-bond donors (Lipinski definition) is 1. The summed E-state index contributed by atoms with van der Waals surface area (Å²) in [5, 5.41) is 3.21. The lowest BCUT2D eigenvalue weighted by Gasteiger charge is -2.04. The molecule has 2 aromatic heterocycles. The molecular weight excluding hydrogens is 323 g/mol. The summed E-state index contributed by atoms with van der Waals surface area (Å²) < 4.78 is 72.9. The third kappa shape index (κ3) is 3.08. The molecule has 2 rings (SSSR count). The molecule has 110 valence electrons. The molecule has 0 aliphatic rings. The average molecular weight is 329 g/mol. The number of aryl methyl sites for hydroxylation is 1. The zero-order valence-electron chi connectivity index (χ0n) is 9.62. The van der Waals surface area contributed by atoms with Crippen LogP contribution in [0.5, 0.6) is 11.1 Å². The van der Waals surface area contributed by atoms with Crippen molar-refractivity contribution in [2.24, 2.45) is 7.05 Å². The molecule has 0 aliphatic carbocycles. The van der Waals surface area contributed by atoms with Crippen LogP contribution in [0.4, 0.5) is 13.2 Å². The Balaban J connectivity index is 2.25. The van der Waals surface area contributed by atoms with Gasteiger partial charge in [-0.2, -0.15) is 21.6 Å². The lowest BCUT2D eigenvalue weighted by molar-refractivity contribution is -0.143. The molecule has 0 saturated carbocycles. The van der Waals surface area contributed by atoms with Gasteiger partial charge in [-0.1, -0.05) is 11.3 Å². The van der Waals surface area contributed by atoms with E-state index in [0.717, 1.165) is 13.2 Å². The van der Waals surface area contributed by atoms with Gasteiger partial charge in [0.15, 0.2) is 4.21 Å². The number of hydrogen-bond acceptors (Lipinski definition) is 6. The molecule has 0 radical (unpaired) electrons. The molecule has 0 unspecified atom stereocenters. The molecule has 0 saturated heterocycles. The van der Waals surface area contributed by atoms with E-state index in [0.29, 0.717) is 22.1 Å². The number of halogens is 3. The molecule has 0 aliphatic heterocycles. The van der Waals surface area contributed by atoms with Crippen LogP contribution in [-0.2, 0) is 23.3 Å². The van der Waals surface area contributed by atoms with Crippen molar-refractivity contribution in [3.8, 4) is 11.1 Å². The van der Waals surface area contributed by atoms with Crippen LogP contribution in [0.2, 0.25) is 0 Å². The van der Waals surface area contributed by atoms with Crippen molar-refractivity contribution in [2.45, 2.75) is 10.4 Å². The zero-order valence-corrected chi connectivity index (χ0v) is 11.3. The Morgan fingerprint density at radius 2 is 2.10 bits per heavy atom. The maximum absolute atomic E-state index is 12.5. The molecule has 0 aromatic carbocycles. The van der Waals surface area contributed by atoms with Crippen LogP contribution in [0.1, 0.15) is 5.69 Å². The fourth-order valence-corrected chi connectivity index (χ4v) is 2.59. The van der Waals surface area contributed by atoms with Gasteiger partial charge in [-0.05, 0) is 0 Å². The van der Waals surface area contributed by atoms with Crippen LogP contribution >= 0.6 is 11.3 Å². The molecule has 0 bridgehead atoms. The Bertz CT molecular complexity index is 734. The lowest BCUT2D eigenvalue weighted by Crippen LogP contribution is -2.11. The molecule has 7 nitrogen and oxygen atoms in total. The van der Waals surface area contributed by atoms with Gasteiger partial charge in [-0.3, -0.25) is 9.23 Å². The summed E-state index contributed by atoms with van der Waals surface area (Å²) in [5.41, 5.74) is -1.03. The summed E-state index contributed by atoms with van der Waals surface area (Å²) >= 11 is 0.455. The normalized spacial score (nSPS) is 12.7. The van der Waals surface area contributed by atoms with E-state index >= 15 is 0 Å². The fraction of sp³-hybridized carbons (Fsp3) is 0.250. The van der Waals surface area contributed by atoms with Gasteiger partial charge >= 0.3 is 16.3 Å². The van der Waals surface area contributed by atoms with Crippen molar-refractivity contribution in [1.29, 1.82) is 0 Å². The maximum atomic E-state index is 12.5. The van der Waals surface area contributed by atoms with E-state index in [1.165, 1.54) is 0 Å². The van der Waals surface area contributed by atoms with Crippen molar-refractivity contribution in [3.05, 3.63) is 18.0 Å². The first-order valence-corrected chi connectivity index (χ1v) is 7.05. The maximum Gasteiger partial charge on any atom is 0.433 e. The predicted molar refractivity (Wildman–Crippen MR) is 60.2 cm³/mol. The van der Waals surface area contributed by atoms with E-state index in [1.807, 2.05) is 0 Å². The second kappa shape index (κ2) is 4.71. The quantitative estimate of drug-likeness (QED) is 0.865. The van der Waals surface area contributed by atoms with Gasteiger partial charge in [0.25, 0.3) is 5.19 Å². The monoisotopic (exact) mass is 329 g/mol. The summed E-state index contributed by atoms with van der Waals surface area (Å²) in [6, 6.07) is 0.647. The van der Waals surface area contributed by atoms with E-state index in [9.17, 15) is 21.6 Å². The number of rotatable bonds is 3. The molecule has 0 atom stereocenters. The zero-order chi connectivity index (χ0) is 15.1. The van der Waals surface area contributed by atoms with Gasteiger partial charge in [0, 0.05) is 13.1 Å². The summed E-state index contributed by atoms with van der Waals surface area (Å²) in [6.07, 6.45) is -3.77. The summed E-state index contributed by atoms with van der Waals surface area (Å²) in [5.74, 6) is -0.393. The van der Waals surface area contributed by atoms with Gasteiger partial charge in [0.1, 0.15) is 5.69 Å². The van der Waals surface area contributed by atoms with Crippen molar-refractivity contribution in [1.82, 2.24) is 14.8 Å². The van der Waals surface area contributed by atoms with Crippen molar-refractivity contribution >= 4 is 21.5 Å². The Morgan fingerprint density at radius 1 is 1.45 bits per heavy atom. The van der Waals surface area contributed by atoms with Crippen LogP contribution in [0.25, 0.3) is 0 Å². The van der Waals surface area contributed by atoms with Crippen molar-refractivity contribution in [3.63, 3.8) is 0 Å². The molecule has 12 heteroatoms. The SMILES string of the molecule is Cn1nc(Oc2ncc(S(=O)(=O)O)s2)cc1C(F)(F)F. The van der Waals surface area contributed by atoms with Crippen LogP contribution in [-0.4, -0.2) is 27.7 Å². The number of nitrogens with zero attached hydrogens (tertiary/aromatic N) is 3. The van der Waals surface area contributed by atoms with E-state index < -0.39 is 32.1 Å². The molecule has 20 heavy (non-hydrogen) atoms. The molecule has 2 heterocycles. The van der Waals surface area contributed by atoms with Gasteiger partial charge in [-0.25, -0.2) is 4.98 Å². The molecule has 0 fully saturated rings. The van der Waals surface area contributed by atoms with Crippen LogP contribution in [0.3, 0.4) is 0 Å². The number of aromatic nitrogens is 3. The lowest BCUT2D eigenvalue weighted by atomic mass is 10.4. The standard InChI is InChI=1S/C8H6F3N3O4S2/c1-14-4(8(9,10)11)2-5(13-14)18-7-12-3-6(19-7)20(15,16)17/h2-3H,1H3,(H,15,16,17). The molecular formula is C8H6F3N3O4S2. The van der Waals surface area contributed by atoms with Crippen molar-refractivity contribution < 1.29 is 30.9 Å². The van der Waals surface area contributed by atoms with Crippen LogP contribution in [0, 0.1) is 0 Å². The smallest absolute Gasteiger partial charge is 0.410 e. The molecule has 0 spiro atoms. The molecule has 0 amide bonds. The highest BCUT2D eigenvalue weighted by atomic mass is 32.3. The first kappa shape index (κ1) is 14.7. The molecule has 2 aromatic rings. The minimum Gasteiger partial charge on any atom is -0.410 e. The first-order valence-electron chi connectivity index (χ1n) is 4.80. The summed E-state index contributed by atoms with van der Waals surface area (Å²) in [7, 11) is -3.35. The molecule has 1 N–H and O–H groups in total. The fourth-order valence-electron chi connectivity index (χ4n) is 1.26. The average Bonchev–Trinajstić information content (AvgIpc) is 2.84. The van der Waals surface area contributed by atoms with Gasteiger partial charge in [0.05, 0.1) is 6.20 Å². The second-order valence-electron chi connectivity index (χ2n) is 3.51. The highest BCUT2D eigenvalue weighted by Crippen LogP contribution is 2.33. The van der Waals surface area contributed by atoms with E-state index in [-0.39, 0.29) is 5.19 Å². The topological polar surface area (TPSA) is 94.3 Å². The van der Waals surface area contributed by atoms with Gasteiger partial charge in [-0.15, -0.1) is 5.10 Å².